The molecule has 8 heteroatoms. The highest BCUT2D eigenvalue weighted by Gasteiger charge is 2.41. The molecule has 0 aromatic carbocycles. The minimum absolute atomic E-state index is 0.172. The van der Waals surface area contributed by atoms with Crippen LogP contribution in [-0.4, -0.2) is 36.8 Å². The number of thiophene rings is 1. The van der Waals surface area contributed by atoms with Crippen LogP contribution in [0.25, 0.3) is 15.1 Å². The predicted molar refractivity (Wildman–Crippen MR) is 88.5 cm³/mol. The second-order valence-electron chi connectivity index (χ2n) is 5.48. The van der Waals surface area contributed by atoms with E-state index in [0.29, 0.717) is 23.4 Å². The number of rotatable bonds is 5. The third-order valence-electron chi connectivity index (χ3n) is 4.13. The average molecular weight is 349 g/mol. The first-order valence-corrected chi connectivity index (χ1v) is 8.38. The fraction of sp³-hybridized carbons (Fsp3) is 0.438. The van der Waals surface area contributed by atoms with Gasteiger partial charge in [-0.25, -0.2) is 14.2 Å². The lowest BCUT2D eigenvalue weighted by molar-refractivity contribution is -0.123. The summed E-state index contributed by atoms with van der Waals surface area (Å²) >= 11 is 1.40. The van der Waals surface area contributed by atoms with E-state index >= 15 is 0 Å². The molecule has 1 aliphatic rings. The SMILES string of the molecule is [C-]#[N+]c1cc2scc(OC[C@H]3NC(=O)[C@@H](F)[C@H]3CC)c2nc1OC. The maximum Gasteiger partial charge on any atom is 0.255 e. The number of nitrogens with zero attached hydrogens (tertiary/aromatic N) is 2. The largest absolute Gasteiger partial charge is 0.490 e. The zero-order chi connectivity index (χ0) is 17.3. The van der Waals surface area contributed by atoms with Crippen molar-refractivity contribution in [3.63, 3.8) is 0 Å². The van der Waals surface area contributed by atoms with Gasteiger partial charge in [-0.1, -0.05) is 6.92 Å². The molecule has 3 atom stereocenters. The topological polar surface area (TPSA) is 64.8 Å². The number of amides is 1. The number of nitrogens with one attached hydrogen (secondary N) is 1. The van der Waals surface area contributed by atoms with Crippen molar-refractivity contribution in [2.75, 3.05) is 13.7 Å². The van der Waals surface area contributed by atoms with Crippen molar-refractivity contribution in [2.45, 2.75) is 25.6 Å². The molecule has 1 saturated heterocycles. The van der Waals surface area contributed by atoms with E-state index in [0.717, 1.165) is 4.70 Å². The Kier molecular flexibility index (Phi) is 4.53. The highest BCUT2D eigenvalue weighted by molar-refractivity contribution is 7.17. The van der Waals surface area contributed by atoms with Crippen LogP contribution < -0.4 is 14.8 Å². The molecule has 24 heavy (non-hydrogen) atoms. The molecule has 2 aromatic rings. The van der Waals surface area contributed by atoms with E-state index in [-0.39, 0.29) is 18.5 Å². The summed E-state index contributed by atoms with van der Waals surface area (Å²) < 4.78 is 25.5. The van der Waals surface area contributed by atoms with E-state index in [1.54, 1.807) is 11.4 Å². The molecule has 0 unspecified atom stereocenters. The molecule has 6 nitrogen and oxygen atoms in total. The van der Waals surface area contributed by atoms with Gasteiger partial charge < -0.3 is 14.8 Å². The van der Waals surface area contributed by atoms with Crippen LogP contribution in [0.5, 0.6) is 11.6 Å². The predicted octanol–water partition coefficient (Wildman–Crippen LogP) is 3.10. The summed E-state index contributed by atoms with van der Waals surface area (Å²) in [6.07, 6.45) is -0.930. The number of ether oxygens (including phenoxy) is 2. The van der Waals surface area contributed by atoms with Crippen LogP contribution in [0.1, 0.15) is 13.3 Å². The second kappa shape index (κ2) is 6.61. The number of aromatic nitrogens is 1. The summed E-state index contributed by atoms with van der Waals surface area (Å²) in [4.78, 5) is 19.2. The van der Waals surface area contributed by atoms with E-state index < -0.39 is 18.0 Å². The average Bonchev–Trinajstić information content (AvgIpc) is 3.11. The Morgan fingerprint density at radius 1 is 1.54 bits per heavy atom. The first kappa shape index (κ1) is 16.5. The number of hydrogen-bond donors (Lipinski definition) is 1. The molecule has 0 aliphatic carbocycles. The maximum atomic E-state index is 13.8. The number of pyridine rings is 1. The number of methoxy groups -OCH3 is 1. The fourth-order valence-corrected chi connectivity index (χ4v) is 3.70. The first-order chi connectivity index (χ1) is 11.6. The Morgan fingerprint density at radius 3 is 3.00 bits per heavy atom. The summed E-state index contributed by atoms with van der Waals surface area (Å²) in [7, 11) is 1.46. The second-order valence-corrected chi connectivity index (χ2v) is 6.39. The third-order valence-corrected chi connectivity index (χ3v) is 5.03. The third kappa shape index (κ3) is 2.76. The Hall–Kier alpha value is -2.40. The number of carbonyl (C=O) groups excluding carboxylic acids is 1. The minimum atomic E-state index is -1.48. The Morgan fingerprint density at radius 2 is 2.33 bits per heavy atom. The van der Waals surface area contributed by atoms with Crippen molar-refractivity contribution in [1.82, 2.24) is 10.3 Å². The van der Waals surface area contributed by atoms with Crippen molar-refractivity contribution >= 4 is 33.1 Å². The van der Waals surface area contributed by atoms with Crippen molar-refractivity contribution in [2.24, 2.45) is 5.92 Å². The Bertz CT molecular complexity index is 817. The maximum absolute atomic E-state index is 13.8. The number of halogens is 1. The molecule has 1 amide bonds. The summed E-state index contributed by atoms with van der Waals surface area (Å²) in [5.41, 5.74) is 0.936. The van der Waals surface area contributed by atoms with Crippen molar-refractivity contribution < 1.29 is 18.7 Å². The van der Waals surface area contributed by atoms with Crippen LogP contribution in [0, 0.1) is 12.5 Å². The van der Waals surface area contributed by atoms with Gasteiger partial charge in [0, 0.05) is 16.0 Å². The molecule has 3 heterocycles. The quantitative estimate of drug-likeness (QED) is 0.843. The van der Waals surface area contributed by atoms with Gasteiger partial charge in [0.25, 0.3) is 5.91 Å². The molecule has 2 aromatic heterocycles. The van der Waals surface area contributed by atoms with Crippen LogP contribution >= 0.6 is 11.3 Å². The van der Waals surface area contributed by atoms with Gasteiger partial charge in [0.1, 0.15) is 12.1 Å². The standard InChI is InChI=1S/C16H16FN3O3S/c1-4-8-10(19-15(21)13(8)17)6-23-11-7-24-12-5-9(18-2)16(22-3)20-14(11)12/h5,7-8,10,13H,4,6H2,1,3H3,(H,19,21)/t8-,10+,13-/m0/s1. The smallest absolute Gasteiger partial charge is 0.255 e. The van der Waals surface area contributed by atoms with E-state index in [9.17, 15) is 9.18 Å². The highest BCUT2D eigenvalue weighted by atomic mass is 32.1. The molecule has 0 saturated carbocycles. The number of alkyl halides is 1. The van der Waals surface area contributed by atoms with Crippen LogP contribution in [0.2, 0.25) is 0 Å². The monoisotopic (exact) mass is 349 g/mol. The zero-order valence-corrected chi connectivity index (χ0v) is 14.0. The molecule has 0 spiro atoms. The molecule has 1 aliphatic heterocycles. The van der Waals surface area contributed by atoms with Gasteiger partial charge in [-0.15, -0.1) is 11.3 Å². The lowest BCUT2D eigenvalue weighted by atomic mass is 9.97. The number of carbonyl (C=O) groups is 1. The first-order valence-electron chi connectivity index (χ1n) is 7.50. The Labute approximate surface area is 142 Å². The number of hydrogen-bond acceptors (Lipinski definition) is 5. The van der Waals surface area contributed by atoms with Crippen LogP contribution in [0.4, 0.5) is 10.1 Å². The van der Waals surface area contributed by atoms with Crippen molar-refractivity contribution in [3.05, 3.63) is 22.9 Å². The van der Waals surface area contributed by atoms with Crippen LogP contribution in [0.15, 0.2) is 11.4 Å². The van der Waals surface area contributed by atoms with Gasteiger partial charge in [-0.3, -0.25) is 4.79 Å². The molecule has 0 bridgehead atoms. The van der Waals surface area contributed by atoms with Gasteiger partial charge in [0.05, 0.1) is 19.7 Å². The van der Waals surface area contributed by atoms with Gasteiger partial charge in [-0.05, 0) is 12.5 Å². The summed E-state index contributed by atoms with van der Waals surface area (Å²) in [6.45, 7) is 9.17. The van der Waals surface area contributed by atoms with Crippen LogP contribution in [-0.2, 0) is 4.79 Å². The summed E-state index contributed by atoms with van der Waals surface area (Å²) in [6, 6.07) is 1.34. The van der Waals surface area contributed by atoms with Gasteiger partial charge in [0.15, 0.2) is 11.9 Å². The van der Waals surface area contributed by atoms with Gasteiger partial charge in [-0.2, -0.15) is 0 Å². The van der Waals surface area contributed by atoms with E-state index in [2.05, 4.69) is 15.1 Å². The molecule has 1 N–H and O–H groups in total. The van der Waals surface area contributed by atoms with Gasteiger partial charge in [0.2, 0.25) is 11.6 Å². The molecule has 3 rings (SSSR count). The van der Waals surface area contributed by atoms with E-state index in [4.69, 9.17) is 16.0 Å². The number of fused-ring (bicyclic) bond motifs is 1. The molecule has 126 valence electrons. The van der Waals surface area contributed by atoms with E-state index in [1.165, 1.54) is 18.4 Å². The lowest BCUT2D eigenvalue weighted by Crippen LogP contribution is -2.34. The molecular formula is C16H16FN3O3S. The highest BCUT2D eigenvalue weighted by Crippen LogP contribution is 2.38. The zero-order valence-electron chi connectivity index (χ0n) is 13.2. The lowest BCUT2D eigenvalue weighted by Gasteiger charge is -2.18. The van der Waals surface area contributed by atoms with Crippen molar-refractivity contribution in [3.8, 4) is 11.6 Å². The fourth-order valence-electron chi connectivity index (χ4n) is 2.84. The Balaban J connectivity index is 1.81. The van der Waals surface area contributed by atoms with Gasteiger partial charge >= 0.3 is 0 Å². The molecule has 0 radical (unpaired) electrons. The summed E-state index contributed by atoms with van der Waals surface area (Å²) in [5.74, 6) is -0.188. The minimum Gasteiger partial charge on any atom is -0.490 e. The van der Waals surface area contributed by atoms with E-state index in [1.807, 2.05) is 6.92 Å². The normalized spacial score (nSPS) is 23.1. The summed E-state index contributed by atoms with van der Waals surface area (Å²) in [5, 5.41) is 4.42. The van der Waals surface area contributed by atoms with Crippen LogP contribution in [0.3, 0.4) is 0 Å². The van der Waals surface area contributed by atoms with Crippen molar-refractivity contribution in [1.29, 1.82) is 0 Å². The molecule has 1 fully saturated rings. The molecular weight excluding hydrogens is 333 g/mol.